The third kappa shape index (κ3) is 5.30. The molecule has 0 aliphatic rings. The Kier molecular flexibility index (Phi) is 6.86. The van der Waals surface area contributed by atoms with Crippen molar-refractivity contribution in [3.8, 4) is 0 Å². The molecule has 0 heterocycles. The molecule has 3 rings (SSSR count). The number of ether oxygens (including phenoxy) is 2. The number of carbonyl (C=O) groups excluding carboxylic acids is 2. The second-order valence-electron chi connectivity index (χ2n) is 6.50. The van der Waals surface area contributed by atoms with Gasteiger partial charge >= 0.3 is 11.9 Å². The average Bonchev–Trinajstić information content (AvgIpc) is 2.81. The predicted molar refractivity (Wildman–Crippen MR) is 111 cm³/mol. The first-order chi connectivity index (χ1) is 15.4. The van der Waals surface area contributed by atoms with E-state index in [4.69, 9.17) is 9.47 Å². The Morgan fingerprint density at radius 3 is 1.47 bits per heavy atom. The molecule has 0 atom stereocenters. The lowest BCUT2D eigenvalue weighted by molar-refractivity contribution is -0.386. The number of esters is 2. The molecule has 3 aromatic rings. The van der Waals surface area contributed by atoms with E-state index >= 15 is 0 Å². The maximum atomic E-state index is 12.4. The minimum Gasteiger partial charge on any atom is -0.457 e. The van der Waals surface area contributed by atoms with Crippen LogP contribution in [-0.4, -0.2) is 21.8 Å². The summed E-state index contributed by atoms with van der Waals surface area (Å²) >= 11 is 0. The second kappa shape index (κ2) is 9.94. The van der Waals surface area contributed by atoms with Crippen LogP contribution in [0.3, 0.4) is 0 Å². The third-order valence-corrected chi connectivity index (χ3v) is 4.43. The summed E-state index contributed by atoms with van der Waals surface area (Å²) in [6, 6.07) is 17.3. The molecular weight excluding hydrogens is 420 g/mol. The SMILES string of the molecule is O=C(OCc1ccccc1[N+](=O)[O-])c1cccc(C(=O)OCc2ccccc2[N+](=O)[O-])c1. The van der Waals surface area contributed by atoms with Gasteiger partial charge in [-0.1, -0.05) is 30.3 Å². The number of hydrogen-bond acceptors (Lipinski definition) is 8. The van der Waals surface area contributed by atoms with Gasteiger partial charge in [0.25, 0.3) is 11.4 Å². The lowest BCUT2D eigenvalue weighted by Gasteiger charge is -2.08. The van der Waals surface area contributed by atoms with Gasteiger partial charge in [0, 0.05) is 12.1 Å². The van der Waals surface area contributed by atoms with Crippen molar-refractivity contribution in [1.82, 2.24) is 0 Å². The van der Waals surface area contributed by atoms with Crippen LogP contribution in [0.1, 0.15) is 31.8 Å². The molecule has 0 aliphatic carbocycles. The fourth-order valence-electron chi connectivity index (χ4n) is 2.85. The van der Waals surface area contributed by atoms with Crippen LogP contribution < -0.4 is 0 Å². The molecule has 0 unspecified atom stereocenters. The second-order valence-corrected chi connectivity index (χ2v) is 6.50. The van der Waals surface area contributed by atoms with Gasteiger partial charge in [0.2, 0.25) is 0 Å². The first kappa shape index (κ1) is 22.1. The Bertz CT molecular complexity index is 1100. The van der Waals surface area contributed by atoms with Gasteiger partial charge in [-0.25, -0.2) is 9.59 Å². The highest BCUT2D eigenvalue weighted by molar-refractivity contribution is 5.95. The zero-order valence-electron chi connectivity index (χ0n) is 16.5. The van der Waals surface area contributed by atoms with Gasteiger partial charge in [-0.05, 0) is 30.3 Å². The van der Waals surface area contributed by atoms with Crippen LogP contribution in [0, 0.1) is 20.2 Å². The standard InChI is InChI=1S/C22H16N2O8/c25-21(31-13-17-6-1-3-10-19(17)23(27)28)15-8-5-9-16(12-15)22(26)32-14-18-7-2-4-11-20(18)24(29)30/h1-12H,13-14H2. The summed E-state index contributed by atoms with van der Waals surface area (Å²) in [7, 11) is 0. The van der Waals surface area contributed by atoms with Crippen LogP contribution in [0.2, 0.25) is 0 Å². The van der Waals surface area contributed by atoms with Crippen molar-refractivity contribution in [2.75, 3.05) is 0 Å². The Labute approximate surface area is 181 Å². The Balaban J connectivity index is 1.66. The number of nitrogens with zero attached hydrogens (tertiary/aromatic N) is 2. The number of nitro groups is 2. The van der Waals surface area contributed by atoms with Crippen LogP contribution in [-0.2, 0) is 22.7 Å². The van der Waals surface area contributed by atoms with Crippen molar-refractivity contribution in [3.05, 3.63) is 115 Å². The van der Waals surface area contributed by atoms with Gasteiger partial charge in [0.05, 0.1) is 32.1 Å². The van der Waals surface area contributed by atoms with Crippen LogP contribution >= 0.6 is 0 Å². The number of nitro benzene ring substituents is 2. The normalized spacial score (nSPS) is 10.2. The molecule has 0 amide bonds. The molecule has 10 nitrogen and oxygen atoms in total. The van der Waals surface area contributed by atoms with E-state index in [0.29, 0.717) is 0 Å². The number of benzene rings is 3. The molecule has 10 heteroatoms. The molecule has 32 heavy (non-hydrogen) atoms. The van der Waals surface area contributed by atoms with Crippen LogP contribution in [0.25, 0.3) is 0 Å². The Hall–Kier alpha value is -4.60. The van der Waals surface area contributed by atoms with Gasteiger partial charge in [0.15, 0.2) is 0 Å². The zero-order valence-corrected chi connectivity index (χ0v) is 16.5. The van der Waals surface area contributed by atoms with Gasteiger partial charge in [-0.2, -0.15) is 0 Å². The van der Waals surface area contributed by atoms with E-state index < -0.39 is 21.8 Å². The van der Waals surface area contributed by atoms with E-state index in [1.165, 1.54) is 60.7 Å². The van der Waals surface area contributed by atoms with E-state index in [1.54, 1.807) is 12.1 Å². The van der Waals surface area contributed by atoms with Crippen molar-refractivity contribution in [2.24, 2.45) is 0 Å². The van der Waals surface area contributed by atoms with Crippen molar-refractivity contribution in [2.45, 2.75) is 13.2 Å². The lowest BCUT2D eigenvalue weighted by Crippen LogP contribution is -2.10. The highest BCUT2D eigenvalue weighted by atomic mass is 16.6. The molecule has 0 N–H and O–H groups in total. The van der Waals surface area contributed by atoms with Crippen molar-refractivity contribution >= 4 is 23.3 Å². The summed E-state index contributed by atoms with van der Waals surface area (Å²) in [6.45, 7) is -0.634. The highest BCUT2D eigenvalue weighted by Gasteiger charge is 2.18. The van der Waals surface area contributed by atoms with Crippen LogP contribution in [0.4, 0.5) is 11.4 Å². The Morgan fingerprint density at radius 2 is 1.06 bits per heavy atom. The summed E-state index contributed by atoms with van der Waals surface area (Å²) in [5, 5.41) is 22.1. The van der Waals surface area contributed by atoms with Gasteiger partial charge < -0.3 is 9.47 Å². The first-order valence-corrected chi connectivity index (χ1v) is 9.25. The number of carbonyl (C=O) groups is 2. The fourth-order valence-corrected chi connectivity index (χ4v) is 2.85. The monoisotopic (exact) mass is 436 g/mol. The summed E-state index contributed by atoms with van der Waals surface area (Å²) in [5.74, 6) is -1.56. The topological polar surface area (TPSA) is 139 Å². The van der Waals surface area contributed by atoms with E-state index in [2.05, 4.69) is 0 Å². The molecule has 0 aromatic heterocycles. The summed E-state index contributed by atoms with van der Waals surface area (Å²) in [4.78, 5) is 45.7. The minimum atomic E-state index is -0.781. The first-order valence-electron chi connectivity index (χ1n) is 9.25. The van der Waals surface area contributed by atoms with Crippen LogP contribution in [0.5, 0.6) is 0 Å². The van der Waals surface area contributed by atoms with Gasteiger partial charge in [-0.15, -0.1) is 0 Å². The molecule has 162 valence electrons. The van der Waals surface area contributed by atoms with Gasteiger partial charge in [0.1, 0.15) is 13.2 Å². The molecule has 0 saturated carbocycles. The Morgan fingerprint density at radius 1 is 0.656 bits per heavy atom. The van der Waals surface area contributed by atoms with E-state index in [0.717, 1.165) is 0 Å². The predicted octanol–water partition coefficient (Wildman–Crippen LogP) is 4.22. The maximum Gasteiger partial charge on any atom is 0.338 e. The molecule has 3 aromatic carbocycles. The summed E-state index contributed by atoms with van der Waals surface area (Å²) in [6.07, 6.45) is 0. The zero-order chi connectivity index (χ0) is 23.1. The molecule has 0 aliphatic heterocycles. The number of para-hydroxylation sites is 2. The quantitative estimate of drug-likeness (QED) is 0.291. The third-order valence-electron chi connectivity index (χ3n) is 4.43. The smallest absolute Gasteiger partial charge is 0.338 e. The van der Waals surface area contributed by atoms with E-state index in [9.17, 15) is 29.8 Å². The molecule has 0 spiro atoms. The average molecular weight is 436 g/mol. The maximum absolute atomic E-state index is 12.4. The molecular formula is C22H16N2O8. The molecule has 0 fully saturated rings. The molecule has 0 radical (unpaired) electrons. The van der Waals surface area contributed by atoms with Crippen molar-refractivity contribution in [3.63, 3.8) is 0 Å². The summed E-state index contributed by atoms with van der Waals surface area (Å²) < 4.78 is 10.3. The lowest BCUT2D eigenvalue weighted by atomic mass is 10.1. The summed E-state index contributed by atoms with van der Waals surface area (Å²) in [5.41, 5.74) is 0.199. The largest absolute Gasteiger partial charge is 0.457 e. The van der Waals surface area contributed by atoms with Gasteiger partial charge in [-0.3, -0.25) is 20.2 Å². The van der Waals surface area contributed by atoms with E-state index in [1.807, 2.05) is 0 Å². The van der Waals surface area contributed by atoms with Crippen molar-refractivity contribution < 1.29 is 28.9 Å². The highest BCUT2D eigenvalue weighted by Crippen LogP contribution is 2.21. The van der Waals surface area contributed by atoms with E-state index in [-0.39, 0.29) is 46.8 Å². The van der Waals surface area contributed by atoms with Crippen LogP contribution in [0.15, 0.2) is 72.8 Å². The molecule has 0 bridgehead atoms. The number of hydrogen-bond donors (Lipinski definition) is 0. The minimum absolute atomic E-state index is 0.0451. The molecule has 0 saturated heterocycles. The number of rotatable bonds is 8. The fraction of sp³-hybridized carbons (Fsp3) is 0.0909. The van der Waals surface area contributed by atoms with Crippen molar-refractivity contribution in [1.29, 1.82) is 0 Å².